The third-order valence-corrected chi connectivity index (χ3v) is 2.93. The minimum Gasteiger partial charge on any atom is -0.338 e. The number of amides is 1. The number of carbonyl (C=O) groups excluding carboxylic acids is 1. The number of thiazole rings is 1. The molecule has 0 bridgehead atoms. The molecule has 0 spiro atoms. The van der Waals surface area contributed by atoms with Crippen LogP contribution in [-0.4, -0.2) is 28.9 Å². The lowest BCUT2D eigenvalue weighted by Crippen LogP contribution is -2.35. The highest BCUT2D eigenvalue weighted by atomic mass is 32.1. The zero-order valence-electron chi connectivity index (χ0n) is 8.86. The molecular formula is C10H16N2OS. The Kier molecular flexibility index (Phi) is 4.07. The van der Waals surface area contributed by atoms with E-state index in [1.54, 1.807) is 15.8 Å². The topological polar surface area (TPSA) is 33.2 Å². The summed E-state index contributed by atoms with van der Waals surface area (Å²) in [5.41, 5.74) is 2.24. The normalized spacial score (nSPS) is 12.5. The molecule has 0 aromatic carbocycles. The van der Waals surface area contributed by atoms with Gasteiger partial charge in [-0.15, -0.1) is 11.3 Å². The summed E-state index contributed by atoms with van der Waals surface area (Å²) >= 11 is 1.45. The SMILES string of the molecule is CCCC(C)N(C)C(=O)c1cscn1. The molecule has 78 valence electrons. The van der Waals surface area contributed by atoms with Crippen molar-refractivity contribution in [3.05, 3.63) is 16.6 Å². The van der Waals surface area contributed by atoms with Crippen LogP contribution in [0.15, 0.2) is 10.9 Å². The van der Waals surface area contributed by atoms with Crippen molar-refractivity contribution >= 4 is 17.2 Å². The molecule has 0 radical (unpaired) electrons. The van der Waals surface area contributed by atoms with Gasteiger partial charge in [-0.25, -0.2) is 4.98 Å². The Morgan fingerprint density at radius 1 is 1.71 bits per heavy atom. The molecule has 3 nitrogen and oxygen atoms in total. The van der Waals surface area contributed by atoms with E-state index in [4.69, 9.17) is 0 Å². The van der Waals surface area contributed by atoms with Gasteiger partial charge in [0.15, 0.2) is 0 Å². The molecule has 1 rings (SSSR count). The van der Waals surface area contributed by atoms with Gasteiger partial charge in [0.2, 0.25) is 0 Å². The highest BCUT2D eigenvalue weighted by Gasteiger charge is 2.17. The fraction of sp³-hybridized carbons (Fsp3) is 0.600. The summed E-state index contributed by atoms with van der Waals surface area (Å²) in [7, 11) is 1.84. The maximum absolute atomic E-state index is 11.8. The van der Waals surface area contributed by atoms with Gasteiger partial charge in [0.1, 0.15) is 5.69 Å². The Morgan fingerprint density at radius 3 is 2.93 bits per heavy atom. The van der Waals surface area contributed by atoms with Crippen molar-refractivity contribution in [3.63, 3.8) is 0 Å². The third kappa shape index (κ3) is 2.54. The molecule has 1 amide bonds. The first-order chi connectivity index (χ1) is 6.66. The number of carbonyl (C=O) groups is 1. The molecule has 1 heterocycles. The zero-order valence-corrected chi connectivity index (χ0v) is 9.67. The van der Waals surface area contributed by atoms with Gasteiger partial charge in [0.05, 0.1) is 5.51 Å². The second kappa shape index (κ2) is 5.10. The van der Waals surface area contributed by atoms with Crippen molar-refractivity contribution in [2.24, 2.45) is 0 Å². The van der Waals surface area contributed by atoms with Gasteiger partial charge < -0.3 is 4.90 Å². The molecule has 1 aromatic rings. The second-order valence-corrected chi connectivity index (χ2v) is 4.15. The largest absolute Gasteiger partial charge is 0.338 e. The second-order valence-electron chi connectivity index (χ2n) is 3.43. The summed E-state index contributed by atoms with van der Waals surface area (Å²) in [4.78, 5) is 17.6. The van der Waals surface area contributed by atoms with Gasteiger partial charge in [-0.3, -0.25) is 4.79 Å². The first-order valence-electron chi connectivity index (χ1n) is 4.82. The fourth-order valence-electron chi connectivity index (χ4n) is 1.31. The molecule has 0 aliphatic heterocycles. The van der Waals surface area contributed by atoms with Crippen molar-refractivity contribution in [2.45, 2.75) is 32.7 Å². The molecule has 1 unspecified atom stereocenters. The van der Waals surface area contributed by atoms with Crippen LogP contribution in [0.2, 0.25) is 0 Å². The molecule has 0 N–H and O–H groups in total. The molecule has 14 heavy (non-hydrogen) atoms. The van der Waals surface area contributed by atoms with Crippen LogP contribution in [0.3, 0.4) is 0 Å². The van der Waals surface area contributed by atoms with Crippen LogP contribution >= 0.6 is 11.3 Å². The average Bonchev–Trinajstić information content (AvgIpc) is 2.68. The van der Waals surface area contributed by atoms with Crippen molar-refractivity contribution < 1.29 is 4.79 Å². The lowest BCUT2D eigenvalue weighted by atomic mass is 10.1. The quantitative estimate of drug-likeness (QED) is 0.768. The fourth-order valence-corrected chi connectivity index (χ4v) is 1.84. The molecule has 0 saturated carbocycles. The van der Waals surface area contributed by atoms with Crippen LogP contribution in [0.4, 0.5) is 0 Å². The van der Waals surface area contributed by atoms with E-state index in [2.05, 4.69) is 18.8 Å². The summed E-state index contributed by atoms with van der Waals surface area (Å²) in [5.74, 6) is 0.0206. The maximum Gasteiger partial charge on any atom is 0.273 e. The number of rotatable bonds is 4. The number of nitrogens with zero attached hydrogens (tertiary/aromatic N) is 2. The van der Waals surface area contributed by atoms with Crippen LogP contribution in [0, 0.1) is 0 Å². The van der Waals surface area contributed by atoms with Gasteiger partial charge in [-0.05, 0) is 13.3 Å². The van der Waals surface area contributed by atoms with Crippen molar-refractivity contribution in [3.8, 4) is 0 Å². The highest BCUT2D eigenvalue weighted by Crippen LogP contribution is 2.10. The first kappa shape index (κ1) is 11.2. The van der Waals surface area contributed by atoms with E-state index in [1.807, 2.05) is 7.05 Å². The van der Waals surface area contributed by atoms with Crippen molar-refractivity contribution in [1.29, 1.82) is 0 Å². The molecule has 1 atom stereocenters. The monoisotopic (exact) mass is 212 g/mol. The predicted molar refractivity (Wildman–Crippen MR) is 58.6 cm³/mol. The van der Waals surface area contributed by atoms with E-state index in [-0.39, 0.29) is 11.9 Å². The Balaban J connectivity index is 2.61. The van der Waals surface area contributed by atoms with Gasteiger partial charge in [-0.1, -0.05) is 13.3 Å². The molecule has 0 fully saturated rings. The number of aromatic nitrogens is 1. The van der Waals surface area contributed by atoms with Crippen LogP contribution in [0.5, 0.6) is 0 Å². The van der Waals surface area contributed by atoms with Crippen molar-refractivity contribution in [2.75, 3.05) is 7.05 Å². The molecule has 0 saturated heterocycles. The van der Waals surface area contributed by atoms with E-state index < -0.39 is 0 Å². The highest BCUT2D eigenvalue weighted by molar-refractivity contribution is 7.07. The smallest absolute Gasteiger partial charge is 0.273 e. The standard InChI is InChI=1S/C10H16N2OS/c1-4-5-8(2)12(3)10(13)9-6-14-7-11-9/h6-8H,4-5H2,1-3H3. The summed E-state index contributed by atoms with van der Waals surface area (Å²) in [6, 6.07) is 0.286. The Bertz CT molecular complexity index is 284. The van der Waals surface area contributed by atoms with Crippen LogP contribution in [-0.2, 0) is 0 Å². The van der Waals surface area contributed by atoms with E-state index in [0.29, 0.717) is 5.69 Å². The molecule has 0 aliphatic rings. The molecular weight excluding hydrogens is 196 g/mol. The van der Waals surface area contributed by atoms with Crippen molar-refractivity contribution in [1.82, 2.24) is 9.88 Å². The van der Waals surface area contributed by atoms with Gasteiger partial charge >= 0.3 is 0 Å². The third-order valence-electron chi connectivity index (χ3n) is 2.34. The van der Waals surface area contributed by atoms with Crippen LogP contribution < -0.4 is 0 Å². The van der Waals surface area contributed by atoms with E-state index >= 15 is 0 Å². The Labute approximate surface area is 88.8 Å². The molecule has 0 aliphatic carbocycles. The lowest BCUT2D eigenvalue weighted by molar-refractivity contribution is 0.0731. The summed E-state index contributed by atoms with van der Waals surface area (Å²) in [6.07, 6.45) is 2.13. The Morgan fingerprint density at radius 2 is 2.43 bits per heavy atom. The van der Waals surface area contributed by atoms with E-state index in [1.165, 1.54) is 11.3 Å². The Hall–Kier alpha value is -0.900. The van der Waals surface area contributed by atoms with E-state index in [0.717, 1.165) is 12.8 Å². The first-order valence-corrected chi connectivity index (χ1v) is 5.76. The van der Waals surface area contributed by atoms with Gasteiger partial charge in [0.25, 0.3) is 5.91 Å². The summed E-state index contributed by atoms with van der Waals surface area (Å²) in [6.45, 7) is 4.19. The van der Waals surface area contributed by atoms with Gasteiger partial charge in [-0.2, -0.15) is 0 Å². The van der Waals surface area contributed by atoms with Gasteiger partial charge in [0, 0.05) is 18.5 Å². The minimum absolute atomic E-state index is 0.0206. The molecule has 4 heteroatoms. The summed E-state index contributed by atoms with van der Waals surface area (Å²) < 4.78 is 0. The lowest BCUT2D eigenvalue weighted by Gasteiger charge is -2.23. The van der Waals surface area contributed by atoms with Crippen LogP contribution in [0.1, 0.15) is 37.2 Å². The zero-order chi connectivity index (χ0) is 10.6. The minimum atomic E-state index is 0.0206. The summed E-state index contributed by atoms with van der Waals surface area (Å²) in [5, 5.41) is 1.79. The number of hydrogen-bond donors (Lipinski definition) is 0. The van der Waals surface area contributed by atoms with Crippen LogP contribution in [0.25, 0.3) is 0 Å². The van der Waals surface area contributed by atoms with E-state index in [9.17, 15) is 4.79 Å². The molecule has 1 aromatic heterocycles. The predicted octanol–water partition coefficient (Wildman–Crippen LogP) is 2.40. The average molecular weight is 212 g/mol. The number of hydrogen-bond acceptors (Lipinski definition) is 3. The maximum atomic E-state index is 11.8.